The van der Waals surface area contributed by atoms with Crippen LogP contribution in [0.15, 0.2) is 47.4 Å². The molecule has 0 bridgehead atoms. The van der Waals surface area contributed by atoms with E-state index in [-0.39, 0.29) is 17.1 Å². The Labute approximate surface area is 153 Å². The number of carbonyl (C=O) groups excluding carboxylic acids is 2. The molecule has 0 heterocycles. The summed E-state index contributed by atoms with van der Waals surface area (Å²) in [5, 5.41) is 2.75. The van der Waals surface area contributed by atoms with Gasteiger partial charge in [0.25, 0.3) is 0 Å². The highest BCUT2D eigenvalue weighted by Gasteiger charge is 2.15. The lowest BCUT2D eigenvalue weighted by atomic mass is 10.1. The fourth-order valence-electron chi connectivity index (χ4n) is 2.29. The summed E-state index contributed by atoms with van der Waals surface area (Å²) >= 11 is 1.56. The van der Waals surface area contributed by atoms with E-state index >= 15 is 0 Å². The third kappa shape index (κ3) is 5.36. The fraction of sp³-hybridized carbons (Fsp3) is 0.300. The third-order valence-electron chi connectivity index (χ3n) is 3.86. The van der Waals surface area contributed by atoms with E-state index in [2.05, 4.69) is 35.2 Å². The maximum Gasteiger partial charge on any atom is 0.337 e. The molecule has 1 N–H and O–H groups in total. The first-order valence-corrected chi connectivity index (χ1v) is 8.97. The minimum Gasteiger partial charge on any atom is -0.465 e. The molecule has 0 saturated carbocycles. The van der Waals surface area contributed by atoms with Crippen molar-refractivity contribution in [2.45, 2.75) is 37.5 Å². The van der Waals surface area contributed by atoms with Crippen molar-refractivity contribution < 1.29 is 14.3 Å². The van der Waals surface area contributed by atoms with E-state index < -0.39 is 0 Å². The Bertz CT molecular complexity index is 756. The van der Waals surface area contributed by atoms with Crippen molar-refractivity contribution in [1.82, 2.24) is 5.32 Å². The SMILES string of the molecule is COC(=O)c1ccc(CNC(=O)C(C)Sc2cc(C)ccc2C)cc1. The van der Waals surface area contributed by atoms with Crippen LogP contribution < -0.4 is 5.32 Å². The molecule has 2 rings (SSSR count). The summed E-state index contributed by atoms with van der Waals surface area (Å²) in [7, 11) is 1.35. The molecule has 1 atom stereocenters. The van der Waals surface area contributed by atoms with Gasteiger partial charge in [0, 0.05) is 11.4 Å². The molecule has 0 spiro atoms. The molecule has 0 aliphatic carbocycles. The molecule has 2 aromatic rings. The molecule has 0 radical (unpaired) electrons. The maximum atomic E-state index is 12.3. The zero-order chi connectivity index (χ0) is 18.4. The first-order chi connectivity index (χ1) is 11.9. The average Bonchev–Trinajstić information content (AvgIpc) is 2.62. The van der Waals surface area contributed by atoms with Gasteiger partial charge in [0.05, 0.1) is 17.9 Å². The standard InChI is InChI=1S/C20H23NO3S/c1-13-5-6-14(2)18(11-13)25-15(3)19(22)21-12-16-7-9-17(10-8-16)20(23)24-4/h5-11,15H,12H2,1-4H3,(H,21,22). The van der Waals surface area contributed by atoms with E-state index in [4.69, 9.17) is 0 Å². The van der Waals surface area contributed by atoms with Crippen LogP contribution in [0.5, 0.6) is 0 Å². The zero-order valence-corrected chi connectivity index (χ0v) is 15.8. The Morgan fingerprint density at radius 1 is 1.12 bits per heavy atom. The second-order valence-electron chi connectivity index (χ2n) is 5.94. The monoisotopic (exact) mass is 357 g/mol. The highest BCUT2D eigenvalue weighted by Crippen LogP contribution is 2.27. The molecule has 0 aliphatic heterocycles. The van der Waals surface area contributed by atoms with Crippen LogP contribution in [0.25, 0.3) is 0 Å². The second kappa shape index (κ2) is 8.72. The number of benzene rings is 2. The normalized spacial score (nSPS) is 11.7. The fourth-order valence-corrected chi connectivity index (χ4v) is 3.37. The Hall–Kier alpha value is -2.27. The van der Waals surface area contributed by atoms with Crippen LogP contribution in [0.3, 0.4) is 0 Å². The van der Waals surface area contributed by atoms with Crippen molar-refractivity contribution in [3.05, 3.63) is 64.7 Å². The van der Waals surface area contributed by atoms with Gasteiger partial charge in [0.1, 0.15) is 0 Å². The van der Waals surface area contributed by atoms with Crippen LogP contribution in [0, 0.1) is 13.8 Å². The van der Waals surface area contributed by atoms with Gasteiger partial charge in [0.15, 0.2) is 0 Å². The number of methoxy groups -OCH3 is 1. The number of rotatable bonds is 6. The minimum absolute atomic E-state index is 0.0112. The molecule has 25 heavy (non-hydrogen) atoms. The van der Waals surface area contributed by atoms with E-state index in [1.54, 1.807) is 23.9 Å². The van der Waals surface area contributed by atoms with Crippen LogP contribution in [-0.2, 0) is 16.1 Å². The second-order valence-corrected chi connectivity index (χ2v) is 7.32. The van der Waals surface area contributed by atoms with Gasteiger partial charge >= 0.3 is 5.97 Å². The van der Waals surface area contributed by atoms with E-state index in [0.29, 0.717) is 12.1 Å². The van der Waals surface area contributed by atoms with Crippen molar-refractivity contribution in [1.29, 1.82) is 0 Å². The molecule has 0 saturated heterocycles. The smallest absolute Gasteiger partial charge is 0.337 e. The molecule has 2 aromatic carbocycles. The van der Waals surface area contributed by atoms with Gasteiger partial charge in [-0.05, 0) is 50.1 Å². The van der Waals surface area contributed by atoms with Crippen molar-refractivity contribution in [3.63, 3.8) is 0 Å². The number of hydrogen-bond donors (Lipinski definition) is 1. The predicted octanol–water partition coefficient (Wildman–Crippen LogP) is 3.89. The Morgan fingerprint density at radius 3 is 2.44 bits per heavy atom. The Morgan fingerprint density at radius 2 is 1.80 bits per heavy atom. The number of ether oxygens (including phenoxy) is 1. The molecular weight excluding hydrogens is 334 g/mol. The van der Waals surface area contributed by atoms with Crippen LogP contribution in [0.2, 0.25) is 0 Å². The predicted molar refractivity (Wildman–Crippen MR) is 101 cm³/mol. The van der Waals surface area contributed by atoms with E-state index in [1.807, 2.05) is 26.0 Å². The number of aryl methyl sites for hydroxylation is 2. The number of carbonyl (C=O) groups is 2. The number of amides is 1. The van der Waals surface area contributed by atoms with Crippen molar-refractivity contribution in [2.75, 3.05) is 7.11 Å². The summed E-state index contributed by atoms with van der Waals surface area (Å²) in [6.45, 7) is 6.43. The molecule has 132 valence electrons. The van der Waals surface area contributed by atoms with Crippen LogP contribution in [0.1, 0.15) is 34.0 Å². The summed E-state index contributed by atoms with van der Waals surface area (Å²) in [6, 6.07) is 13.3. The molecule has 5 heteroatoms. The lowest BCUT2D eigenvalue weighted by Gasteiger charge is -2.14. The van der Waals surface area contributed by atoms with Gasteiger partial charge in [-0.2, -0.15) is 0 Å². The van der Waals surface area contributed by atoms with Gasteiger partial charge in [-0.25, -0.2) is 4.79 Å². The molecule has 1 unspecified atom stereocenters. The lowest BCUT2D eigenvalue weighted by molar-refractivity contribution is -0.120. The maximum absolute atomic E-state index is 12.3. The highest BCUT2D eigenvalue weighted by atomic mass is 32.2. The van der Waals surface area contributed by atoms with E-state index in [1.165, 1.54) is 18.2 Å². The molecule has 0 aliphatic rings. The van der Waals surface area contributed by atoms with Gasteiger partial charge in [-0.3, -0.25) is 4.79 Å². The van der Waals surface area contributed by atoms with Crippen molar-refractivity contribution >= 4 is 23.6 Å². The van der Waals surface area contributed by atoms with Crippen molar-refractivity contribution in [2.24, 2.45) is 0 Å². The summed E-state index contributed by atoms with van der Waals surface area (Å²) in [5.41, 5.74) is 3.79. The number of hydrogen-bond acceptors (Lipinski definition) is 4. The number of thioether (sulfide) groups is 1. The van der Waals surface area contributed by atoms with Gasteiger partial charge in [-0.1, -0.05) is 29.8 Å². The summed E-state index contributed by atoms with van der Waals surface area (Å²) in [4.78, 5) is 24.9. The zero-order valence-electron chi connectivity index (χ0n) is 15.0. The van der Waals surface area contributed by atoms with Gasteiger partial charge in [0.2, 0.25) is 5.91 Å². The summed E-state index contributed by atoms with van der Waals surface area (Å²) in [5.74, 6) is -0.378. The molecule has 0 fully saturated rings. The van der Waals surface area contributed by atoms with Crippen LogP contribution >= 0.6 is 11.8 Å². The quantitative estimate of drug-likeness (QED) is 0.629. The average molecular weight is 357 g/mol. The van der Waals surface area contributed by atoms with E-state index in [0.717, 1.165) is 10.5 Å². The molecule has 0 aromatic heterocycles. The Balaban J connectivity index is 1.91. The first-order valence-electron chi connectivity index (χ1n) is 8.09. The summed E-state index contributed by atoms with van der Waals surface area (Å²) in [6.07, 6.45) is 0. The first kappa shape index (κ1) is 19.1. The largest absolute Gasteiger partial charge is 0.465 e. The summed E-state index contributed by atoms with van der Waals surface area (Å²) < 4.78 is 4.67. The molecular formula is C20H23NO3S. The molecule has 4 nitrogen and oxygen atoms in total. The van der Waals surface area contributed by atoms with Crippen LogP contribution in [0.4, 0.5) is 0 Å². The number of nitrogens with one attached hydrogen (secondary N) is 1. The van der Waals surface area contributed by atoms with Crippen LogP contribution in [-0.4, -0.2) is 24.2 Å². The molecule has 1 amide bonds. The number of esters is 1. The third-order valence-corrected chi connectivity index (χ3v) is 5.12. The highest BCUT2D eigenvalue weighted by molar-refractivity contribution is 8.00. The van der Waals surface area contributed by atoms with Crippen molar-refractivity contribution in [3.8, 4) is 0 Å². The Kier molecular flexibility index (Phi) is 6.65. The van der Waals surface area contributed by atoms with E-state index in [9.17, 15) is 9.59 Å². The van der Waals surface area contributed by atoms with Gasteiger partial charge < -0.3 is 10.1 Å². The van der Waals surface area contributed by atoms with Gasteiger partial charge in [-0.15, -0.1) is 11.8 Å². The lowest BCUT2D eigenvalue weighted by Crippen LogP contribution is -2.30. The minimum atomic E-state index is -0.367. The topological polar surface area (TPSA) is 55.4 Å².